The van der Waals surface area contributed by atoms with Crippen LogP contribution in [-0.4, -0.2) is 50.6 Å². The molecule has 0 radical (unpaired) electrons. The highest BCUT2D eigenvalue weighted by Gasteiger charge is 2.13. The quantitative estimate of drug-likeness (QED) is 0.713. The smallest absolute Gasteiger partial charge is 0.251 e. The van der Waals surface area contributed by atoms with Crippen molar-refractivity contribution in [2.75, 3.05) is 33.9 Å². The first-order chi connectivity index (χ1) is 11.5. The first-order valence-electron chi connectivity index (χ1n) is 8.34. The number of ether oxygens (including phenoxy) is 2. The van der Waals surface area contributed by atoms with Gasteiger partial charge in [-0.25, -0.2) is 0 Å². The third-order valence-electron chi connectivity index (χ3n) is 3.58. The molecule has 6 heteroatoms. The van der Waals surface area contributed by atoms with E-state index < -0.39 is 0 Å². The molecule has 0 bridgehead atoms. The van der Waals surface area contributed by atoms with Gasteiger partial charge < -0.3 is 19.7 Å². The van der Waals surface area contributed by atoms with Crippen LogP contribution in [0.2, 0.25) is 0 Å². The number of methoxy groups -OCH3 is 2. The van der Waals surface area contributed by atoms with E-state index in [2.05, 4.69) is 5.32 Å². The Bertz CT molecular complexity index is 518. The van der Waals surface area contributed by atoms with E-state index in [-0.39, 0.29) is 11.8 Å². The zero-order valence-electron chi connectivity index (χ0n) is 15.1. The minimum atomic E-state index is -0.252. The number of benzene rings is 1. The van der Waals surface area contributed by atoms with E-state index in [1.54, 1.807) is 18.2 Å². The van der Waals surface area contributed by atoms with Gasteiger partial charge in [0.2, 0.25) is 5.91 Å². The maximum Gasteiger partial charge on any atom is 0.251 e. The van der Waals surface area contributed by atoms with Gasteiger partial charge >= 0.3 is 0 Å². The molecule has 0 atom stereocenters. The Morgan fingerprint density at radius 2 is 1.54 bits per heavy atom. The molecule has 0 fully saturated rings. The van der Waals surface area contributed by atoms with Gasteiger partial charge in [0.15, 0.2) is 0 Å². The molecule has 134 valence electrons. The maximum absolute atomic E-state index is 12.2. The lowest BCUT2D eigenvalue weighted by Gasteiger charge is -2.21. The average molecular weight is 336 g/mol. The summed E-state index contributed by atoms with van der Waals surface area (Å²) in [6, 6.07) is 4.98. The zero-order chi connectivity index (χ0) is 17.9. The molecule has 1 N–H and O–H groups in total. The molecule has 0 aliphatic heterocycles. The largest absolute Gasteiger partial charge is 0.497 e. The Morgan fingerprint density at radius 3 is 2.00 bits per heavy atom. The molecule has 0 aliphatic carbocycles. The van der Waals surface area contributed by atoms with Gasteiger partial charge in [0, 0.05) is 37.7 Å². The number of hydrogen-bond donors (Lipinski definition) is 1. The third-order valence-corrected chi connectivity index (χ3v) is 3.58. The van der Waals surface area contributed by atoms with E-state index in [1.165, 1.54) is 14.2 Å². The molecule has 0 spiro atoms. The fourth-order valence-electron chi connectivity index (χ4n) is 2.38. The van der Waals surface area contributed by atoms with E-state index in [0.29, 0.717) is 30.0 Å². The summed E-state index contributed by atoms with van der Waals surface area (Å²) in [5.74, 6) is 0.917. The van der Waals surface area contributed by atoms with Gasteiger partial charge in [-0.15, -0.1) is 0 Å². The summed E-state index contributed by atoms with van der Waals surface area (Å²) in [6.07, 6.45) is 2.16. The molecule has 24 heavy (non-hydrogen) atoms. The van der Waals surface area contributed by atoms with Gasteiger partial charge in [-0.05, 0) is 25.0 Å². The van der Waals surface area contributed by atoms with Gasteiger partial charge in [-0.3, -0.25) is 9.59 Å². The van der Waals surface area contributed by atoms with E-state index in [0.717, 1.165) is 25.9 Å². The van der Waals surface area contributed by atoms with Crippen LogP contribution < -0.4 is 14.8 Å². The van der Waals surface area contributed by atoms with Crippen molar-refractivity contribution in [2.24, 2.45) is 0 Å². The lowest BCUT2D eigenvalue weighted by atomic mass is 10.2. The van der Waals surface area contributed by atoms with Crippen LogP contribution in [0.3, 0.4) is 0 Å². The monoisotopic (exact) mass is 336 g/mol. The number of carbonyl (C=O) groups excluding carboxylic acids is 2. The van der Waals surface area contributed by atoms with Crippen molar-refractivity contribution in [1.29, 1.82) is 0 Å². The second-order valence-corrected chi connectivity index (χ2v) is 5.49. The Labute approximate surface area is 144 Å². The molecule has 0 heterocycles. The van der Waals surface area contributed by atoms with Gasteiger partial charge in [-0.2, -0.15) is 0 Å². The number of carbonyl (C=O) groups is 2. The molecule has 1 aromatic rings. The van der Waals surface area contributed by atoms with Crippen LogP contribution in [0.4, 0.5) is 0 Å². The minimum absolute atomic E-state index is 0.0715. The fraction of sp³-hybridized carbons (Fsp3) is 0.556. The molecular formula is C18H28N2O4. The molecule has 0 saturated heterocycles. The van der Waals surface area contributed by atoms with E-state index in [1.807, 2.05) is 18.7 Å². The summed E-state index contributed by atoms with van der Waals surface area (Å²) >= 11 is 0. The summed E-state index contributed by atoms with van der Waals surface area (Å²) in [7, 11) is 3.07. The van der Waals surface area contributed by atoms with E-state index in [9.17, 15) is 9.59 Å². The number of amides is 2. The van der Waals surface area contributed by atoms with Crippen LogP contribution in [0.5, 0.6) is 11.5 Å². The summed E-state index contributed by atoms with van der Waals surface area (Å²) in [6.45, 7) is 5.92. The van der Waals surface area contributed by atoms with Crippen molar-refractivity contribution >= 4 is 11.8 Å². The molecular weight excluding hydrogens is 308 g/mol. The highest BCUT2D eigenvalue weighted by atomic mass is 16.5. The van der Waals surface area contributed by atoms with Crippen LogP contribution in [-0.2, 0) is 4.79 Å². The van der Waals surface area contributed by atoms with Gasteiger partial charge in [0.05, 0.1) is 14.2 Å². The lowest BCUT2D eigenvalue weighted by molar-refractivity contribution is -0.131. The first-order valence-corrected chi connectivity index (χ1v) is 8.34. The first kappa shape index (κ1) is 19.8. The van der Waals surface area contributed by atoms with Crippen molar-refractivity contribution in [1.82, 2.24) is 10.2 Å². The van der Waals surface area contributed by atoms with E-state index >= 15 is 0 Å². The van der Waals surface area contributed by atoms with Crippen LogP contribution in [0.25, 0.3) is 0 Å². The highest BCUT2D eigenvalue weighted by molar-refractivity contribution is 5.95. The molecule has 0 saturated carbocycles. The second-order valence-electron chi connectivity index (χ2n) is 5.49. The second kappa shape index (κ2) is 10.5. The van der Waals surface area contributed by atoms with Crippen molar-refractivity contribution in [3.05, 3.63) is 23.8 Å². The predicted molar refractivity (Wildman–Crippen MR) is 93.7 cm³/mol. The Hall–Kier alpha value is -2.24. The summed E-state index contributed by atoms with van der Waals surface area (Å²) in [5.41, 5.74) is 0.442. The zero-order valence-corrected chi connectivity index (χ0v) is 15.1. The normalized spacial score (nSPS) is 10.2. The summed E-state index contributed by atoms with van der Waals surface area (Å²) in [5, 5.41) is 2.77. The SMILES string of the molecule is CCCN(CCC)C(=O)CCNC(=O)c1cc(OC)cc(OC)c1. The van der Waals surface area contributed by atoms with E-state index in [4.69, 9.17) is 9.47 Å². The van der Waals surface area contributed by atoms with Gasteiger partial charge in [0.25, 0.3) is 5.91 Å². The Morgan fingerprint density at radius 1 is 1.00 bits per heavy atom. The van der Waals surface area contributed by atoms with Crippen LogP contribution in [0.1, 0.15) is 43.5 Å². The minimum Gasteiger partial charge on any atom is -0.497 e. The molecule has 0 aliphatic rings. The fourth-order valence-corrected chi connectivity index (χ4v) is 2.38. The third kappa shape index (κ3) is 6.10. The maximum atomic E-state index is 12.2. The number of nitrogens with one attached hydrogen (secondary N) is 1. The standard InChI is InChI=1S/C18H28N2O4/c1-5-9-20(10-6-2)17(21)7-8-19-18(22)14-11-15(23-3)13-16(12-14)24-4/h11-13H,5-10H2,1-4H3,(H,19,22). The lowest BCUT2D eigenvalue weighted by Crippen LogP contribution is -2.35. The molecule has 1 aromatic carbocycles. The van der Waals surface area contributed by atoms with Crippen molar-refractivity contribution in [2.45, 2.75) is 33.1 Å². The van der Waals surface area contributed by atoms with Crippen LogP contribution in [0, 0.1) is 0 Å². The number of hydrogen-bond acceptors (Lipinski definition) is 4. The molecule has 2 amide bonds. The van der Waals surface area contributed by atoms with Crippen LogP contribution in [0.15, 0.2) is 18.2 Å². The summed E-state index contributed by atoms with van der Waals surface area (Å²) in [4.78, 5) is 26.3. The molecule has 1 rings (SSSR count). The van der Waals surface area contributed by atoms with Crippen molar-refractivity contribution in [3.8, 4) is 11.5 Å². The molecule has 0 unspecified atom stereocenters. The van der Waals surface area contributed by atoms with Gasteiger partial charge in [0.1, 0.15) is 11.5 Å². The molecule has 0 aromatic heterocycles. The topological polar surface area (TPSA) is 67.9 Å². The van der Waals surface area contributed by atoms with Crippen LogP contribution >= 0.6 is 0 Å². The summed E-state index contributed by atoms with van der Waals surface area (Å²) < 4.78 is 10.3. The average Bonchev–Trinajstić information content (AvgIpc) is 2.60. The van der Waals surface area contributed by atoms with Gasteiger partial charge in [-0.1, -0.05) is 13.8 Å². The number of rotatable bonds is 10. The Kier molecular flexibility index (Phi) is 8.68. The Balaban J connectivity index is 2.58. The van der Waals surface area contributed by atoms with Crippen molar-refractivity contribution < 1.29 is 19.1 Å². The highest BCUT2D eigenvalue weighted by Crippen LogP contribution is 2.22. The van der Waals surface area contributed by atoms with Crippen molar-refractivity contribution in [3.63, 3.8) is 0 Å². The predicted octanol–water partition coefficient (Wildman–Crippen LogP) is 2.47. The number of nitrogens with zero attached hydrogens (tertiary/aromatic N) is 1. The molecule has 6 nitrogen and oxygen atoms in total.